The molecule has 0 spiro atoms. The zero-order chi connectivity index (χ0) is 23.1. The van der Waals surface area contributed by atoms with Crippen molar-refractivity contribution in [3.63, 3.8) is 0 Å². The maximum atomic E-state index is 4.85. The molecule has 0 atom stereocenters. The number of benzene rings is 1. The molecule has 0 bridgehead atoms. The Morgan fingerprint density at radius 3 is 2.79 bits per heavy atom. The Labute approximate surface area is 202 Å². The highest BCUT2D eigenvalue weighted by Crippen LogP contribution is 2.37. The molecule has 3 aliphatic rings. The van der Waals surface area contributed by atoms with Crippen LogP contribution < -0.4 is 5.32 Å². The van der Waals surface area contributed by atoms with Gasteiger partial charge in [-0.2, -0.15) is 0 Å². The number of anilines is 1. The van der Waals surface area contributed by atoms with Crippen LogP contribution in [-0.4, -0.2) is 46.0 Å². The minimum Gasteiger partial charge on any atom is -0.367 e. The lowest BCUT2D eigenvalue weighted by Crippen LogP contribution is -2.36. The van der Waals surface area contributed by atoms with Crippen molar-refractivity contribution in [1.82, 2.24) is 19.9 Å². The van der Waals surface area contributed by atoms with E-state index in [9.17, 15) is 0 Å². The van der Waals surface area contributed by atoms with Gasteiger partial charge in [0, 0.05) is 36.6 Å². The van der Waals surface area contributed by atoms with Gasteiger partial charge in [-0.05, 0) is 87.7 Å². The third-order valence-corrected chi connectivity index (χ3v) is 7.51. The van der Waals surface area contributed by atoms with Crippen LogP contribution in [0.5, 0.6) is 0 Å². The van der Waals surface area contributed by atoms with Crippen LogP contribution >= 0.6 is 0 Å². The summed E-state index contributed by atoms with van der Waals surface area (Å²) in [6.07, 6.45) is 16.0. The standard InChI is InChI=1S/C29H31N5.H2/c1-19-5-3-4-6-23(19)21-16-25-24(8-10-27(25)30-17-21)20-7-9-28-26(15-20)29(32-18-31-28)33-22-11-13-34(2)14-12-22;/h4,6-9,15-18,22H,3,5,10-14H2,1-2H3,(H,31,32,33);1H. The second-order valence-electron chi connectivity index (χ2n) is 9.85. The first-order valence-corrected chi connectivity index (χ1v) is 12.4. The summed E-state index contributed by atoms with van der Waals surface area (Å²) in [5, 5.41) is 4.80. The molecule has 1 fully saturated rings. The van der Waals surface area contributed by atoms with Crippen LogP contribution in [0.1, 0.15) is 56.4 Å². The van der Waals surface area contributed by atoms with E-state index >= 15 is 0 Å². The number of nitrogens with zero attached hydrogens (tertiary/aromatic N) is 4. The highest BCUT2D eigenvalue weighted by atomic mass is 15.1. The highest BCUT2D eigenvalue weighted by molar-refractivity contribution is 5.95. The normalized spacial score (nSPS) is 18.9. The van der Waals surface area contributed by atoms with Crippen molar-refractivity contribution in [2.24, 2.45) is 0 Å². The Balaban J connectivity index is 0.00000253. The second kappa shape index (κ2) is 8.80. The highest BCUT2D eigenvalue weighted by Gasteiger charge is 2.21. The number of piperidine rings is 1. The third-order valence-electron chi connectivity index (χ3n) is 7.51. The summed E-state index contributed by atoms with van der Waals surface area (Å²) in [7, 11) is 2.19. The summed E-state index contributed by atoms with van der Waals surface area (Å²) in [5.74, 6) is 0.945. The number of likely N-dealkylation sites (tertiary alicyclic amines) is 1. The quantitative estimate of drug-likeness (QED) is 0.536. The zero-order valence-corrected chi connectivity index (χ0v) is 20.0. The predicted molar refractivity (Wildman–Crippen MR) is 142 cm³/mol. The number of hydrogen-bond acceptors (Lipinski definition) is 5. The molecule has 0 radical (unpaired) electrons. The van der Waals surface area contributed by atoms with Gasteiger partial charge in [0.15, 0.2) is 0 Å². The average molecular weight is 452 g/mol. The average Bonchev–Trinajstić information content (AvgIpc) is 3.29. The number of allylic oxidation sites excluding steroid dienone is 5. The SMILES string of the molecule is CC1=C(c2cnc3c(c2)C(c2ccc4ncnc(NC5CCN(C)CC5)c4c2)=CC3)C=CCC1.[HH]. The molecule has 0 amide bonds. The zero-order valence-electron chi connectivity index (χ0n) is 20.0. The van der Waals surface area contributed by atoms with Gasteiger partial charge >= 0.3 is 0 Å². The summed E-state index contributed by atoms with van der Waals surface area (Å²) < 4.78 is 0. The van der Waals surface area contributed by atoms with Crippen LogP contribution in [0.2, 0.25) is 0 Å². The van der Waals surface area contributed by atoms with E-state index in [4.69, 9.17) is 4.98 Å². The summed E-state index contributed by atoms with van der Waals surface area (Å²) in [4.78, 5) is 16.4. The van der Waals surface area contributed by atoms with E-state index < -0.39 is 0 Å². The first kappa shape index (κ1) is 21.2. The molecule has 5 heteroatoms. The summed E-state index contributed by atoms with van der Waals surface area (Å²) >= 11 is 0. The number of nitrogens with one attached hydrogen (secondary N) is 1. The smallest absolute Gasteiger partial charge is 0.137 e. The molecule has 1 aliphatic heterocycles. The van der Waals surface area contributed by atoms with Gasteiger partial charge < -0.3 is 10.2 Å². The summed E-state index contributed by atoms with van der Waals surface area (Å²) in [6, 6.07) is 9.35. The molecule has 3 heterocycles. The minimum atomic E-state index is 0. The largest absolute Gasteiger partial charge is 0.367 e. The molecular weight excluding hydrogens is 418 g/mol. The minimum absolute atomic E-state index is 0. The van der Waals surface area contributed by atoms with E-state index in [1.807, 2.05) is 6.20 Å². The molecule has 1 aromatic carbocycles. The van der Waals surface area contributed by atoms with Crippen molar-refractivity contribution < 1.29 is 1.43 Å². The Bertz CT molecular complexity index is 1350. The number of hydrogen-bond donors (Lipinski definition) is 1. The van der Waals surface area contributed by atoms with E-state index in [1.54, 1.807) is 6.33 Å². The van der Waals surface area contributed by atoms with Crippen molar-refractivity contribution in [3.8, 4) is 0 Å². The van der Waals surface area contributed by atoms with Gasteiger partial charge in [0.2, 0.25) is 0 Å². The molecule has 34 heavy (non-hydrogen) atoms. The van der Waals surface area contributed by atoms with Gasteiger partial charge in [-0.1, -0.05) is 29.9 Å². The first-order chi connectivity index (χ1) is 16.7. The molecule has 174 valence electrons. The topological polar surface area (TPSA) is 53.9 Å². The van der Waals surface area contributed by atoms with E-state index in [0.717, 1.165) is 67.6 Å². The molecule has 3 aromatic rings. The number of fused-ring (bicyclic) bond motifs is 2. The maximum Gasteiger partial charge on any atom is 0.137 e. The van der Waals surface area contributed by atoms with Gasteiger partial charge in [0.25, 0.3) is 0 Å². The lowest BCUT2D eigenvalue weighted by Gasteiger charge is -2.30. The fourth-order valence-corrected chi connectivity index (χ4v) is 5.42. The maximum absolute atomic E-state index is 4.85. The molecule has 0 saturated carbocycles. The van der Waals surface area contributed by atoms with E-state index in [2.05, 4.69) is 76.6 Å². The molecule has 5 nitrogen and oxygen atoms in total. The van der Waals surface area contributed by atoms with Gasteiger partial charge in [-0.3, -0.25) is 4.98 Å². The van der Waals surface area contributed by atoms with Crippen molar-refractivity contribution in [2.45, 2.75) is 45.1 Å². The number of aromatic nitrogens is 3. The van der Waals surface area contributed by atoms with Crippen LogP contribution in [0, 0.1) is 0 Å². The Morgan fingerprint density at radius 2 is 1.94 bits per heavy atom. The lowest BCUT2D eigenvalue weighted by atomic mass is 9.92. The monoisotopic (exact) mass is 451 g/mol. The van der Waals surface area contributed by atoms with Crippen molar-refractivity contribution in [1.29, 1.82) is 0 Å². The van der Waals surface area contributed by atoms with E-state index in [-0.39, 0.29) is 1.43 Å². The number of rotatable bonds is 4. The fraction of sp³-hybridized carbons (Fsp3) is 0.345. The van der Waals surface area contributed by atoms with Crippen LogP contribution in [0.3, 0.4) is 0 Å². The predicted octanol–water partition coefficient (Wildman–Crippen LogP) is 5.89. The van der Waals surface area contributed by atoms with Crippen LogP contribution in [-0.2, 0) is 6.42 Å². The molecule has 6 rings (SSSR count). The van der Waals surface area contributed by atoms with Gasteiger partial charge in [0.1, 0.15) is 12.1 Å². The number of pyridine rings is 1. The van der Waals surface area contributed by atoms with E-state index in [0.29, 0.717) is 6.04 Å². The van der Waals surface area contributed by atoms with Gasteiger partial charge in [-0.25, -0.2) is 9.97 Å². The second-order valence-corrected chi connectivity index (χ2v) is 9.85. The molecule has 1 N–H and O–H groups in total. The Kier molecular flexibility index (Phi) is 5.50. The van der Waals surface area contributed by atoms with Crippen LogP contribution in [0.4, 0.5) is 5.82 Å². The molecular formula is C29H33N5. The Morgan fingerprint density at radius 1 is 1.06 bits per heavy atom. The summed E-state index contributed by atoms with van der Waals surface area (Å²) in [6.45, 7) is 4.48. The molecule has 0 unspecified atom stereocenters. The first-order valence-electron chi connectivity index (χ1n) is 12.4. The molecule has 2 aromatic heterocycles. The molecule has 1 saturated heterocycles. The van der Waals surface area contributed by atoms with Gasteiger partial charge in [-0.15, -0.1) is 0 Å². The fourth-order valence-electron chi connectivity index (χ4n) is 5.42. The Hall–Kier alpha value is -3.31. The van der Waals surface area contributed by atoms with Crippen LogP contribution in [0.15, 0.2) is 60.6 Å². The third kappa shape index (κ3) is 3.94. The summed E-state index contributed by atoms with van der Waals surface area (Å²) in [5.41, 5.74) is 9.84. The van der Waals surface area contributed by atoms with Crippen LogP contribution in [0.25, 0.3) is 22.0 Å². The molecule has 2 aliphatic carbocycles. The van der Waals surface area contributed by atoms with Crippen molar-refractivity contribution >= 4 is 27.9 Å². The van der Waals surface area contributed by atoms with Crippen molar-refractivity contribution in [3.05, 3.63) is 83.0 Å². The lowest BCUT2D eigenvalue weighted by molar-refractivity contribution is 0.264. The van der Waals surface area contributed by atoms with E-state index in [1.165, 1.54) is 33.4 Å². The van der Waals surface area contributed by atoms with Gasteiger partial charge in [0.05, 0.1) is 11.2 Å². The van der Waals surface area contributed by atoms with Crippen molar-refractivity contribution in [2.75, 3.05) is 25.5 Å².